The van der Waals surface area contributed by atoms with E-state index in [-0.39, 0.29) is 0 Å². The molecule has 0 aliphatic heterocycles. The van der Waals surface area contributed by atoms with E-state index in [9.17, 15) is 0 Å². The molecule has 0 saturated carbocycles. The summed E-state index contributed by atoms with van der Waals surface area (Å²) in [5.74, 6) is 0.911. The van der Waals surface area contributed by atoms with Gasteiger partial charge in [-0.1, -0.05) is 12.1 Å². The molecule has 1 aromatic heterocycles. The van der Waals surface area contributed by atoms with E-state index in [1.54, 1.807) is 6.26 Å². The standard InChI is InChI=1S/C12H14OS2/c1-15(2,14)11-6-3-5-10(9-11)12-7-4-8-13-12/h3-9,14H,1-2H3. The third-order valence-corrected chi connectivity index (χ3v) is 4.26. The monoisotopic (exact) mass is 238 g/mol. The molecule has 0 bridgehead atoms. The summed E-state index contributed by atoms with van der Waals surface area (Å²) in [7, 11) is -0.964. The van der Waals surface area contributed by atoms with E-state index in [0.29, 0.717) is 0 Å². The van der Waals surface area contributed by atoms with E-state index < -0.39 is 9.06 Å². The molecule has 0 aliphatic rings. The summed E-state index contributed by atoms with van der Waals surface area (Å²) >= 11 is 4.64. The fourth-order valence-electron chi connectivity index (χ4n) is 1.40. The van der Waals surface area contributed by atoms with Gasteiger partial charge in [-0.3, -0.25) is 0 Å². The van der Waals surface area contributed by atoms with Gasteiger partial charge in [0, 0.05) is 5.56 Å². The summed E-state index contributed by atoms with van der Waals surface area (Å²) < 4.78 is 5.37. The fourth-order valence-corrected chi connectivity index (χ4v) is 2.57. The van der Waals surface area contributed by atoms with Crippen molar-refractivity contribution in [1.29, 1.82) is 0 Å². The molecular formula is C12H14OS2. The quantitative estimate of drug-likeness (QED) is 0.611. The molecule has 3 heteroatoms. The van der Waals surface area contributed by atoms with Crippen molar-refractivity contribution >= 4 is 20.7 Å². The van der Waals surface area contributed by atoms with E-state index in [2.05, 4.69) is 48.4 Å². The zero-order valence-electron chi connectivity index (χ0n) is 8.81. The number of hydrogen-bond donors (Lipinski definition) is 1. The number of rotatable bonds is 2. The molecule has 0 N–H and O–H groups in total. The third kappa shape index (κ3) is 2.41. The molecule has 0 spiro atoms. The second-order valence-corrected chi connectivity index (χ2v) is 9.53. The van der Waals surface area contributed by atoms with Gasteiger partial charge in [-0.25, -0.2) is 0 Å². The summed E-state index contributed by atoms with van der Waals surface area (Å²) in [6.45, 7) is 0. The lowest BCUT2D eigenvalue weighted by Crippen LogP contribution is -1.87. The first kappa shape index (κ1) is 10.7. The van der Waals surface area contributed by atoms with E-state index >= 15 is 0 Å². The zero-order valence-corrected chi connectivity index (χ0v) is 10.5. The first-order valence-corrected chi connectivity index (χ1v) is 8.17. The molecular weight excluding hydrogens is 224 g/mol. The summed E-state index contributed by atoms with van der Waals surface area (Å²) in [6.07, 6.45) is 6.02. The molecule has 1 nitrogen and oxygen atoms in total. The minimum absolute atomic E-state index is 0.911. The van der Waals surface area contributed by atoms with Crippen LogP contribution in [-0.2, 0) is 0 Å². The zero-order chi connectivity index (χ0) is 10.9. The van der Waals surface area contributed by atoms with Gasteiger partial charge >= 0.3 is 0 Å². The highest BCUT2D eigenvalue weighted by Gasteiger charge is 2.10. The average Bonchev–Trinajstić information content (AvgIpc) is 2.69. The number of benzene rings is 1. The Labute approximate surface area is 96.6 Å². The lowest BCUT2D eigenvalue weighted by atomic mass is 10.2. The Hall–Kier alpha value is -0.800. The average molecular weight is 238 g/mol. The van der Waals surface area contributed by atoms with Gasteiger partial charge < -0.3 is 4.42 Å². The Balaban J connectivity index is 2.44. The summed E-state index contributed by atoms with van der Waals surface area (Å²) in [5.41, 5.74) is 1.12. The van der Waals surface area contributed by atoms with Crippen LogP contribution in [0.1, 0.15) is 0 Å². The van der Waals surface area contributed by atoms with E-state index in [0.717, 1.165) is 11.3 Å². The maximum atomic E-state index is 5.37. The molecule has 0 aliphatic carbocycles. The number of hydrogen-bond acceptors (Lipinski definition) is 2. The Morgan fingerprint density at radius 1 is 1.13 bits per heavy atom. The van der Waals surface area contributed by atoms with Crippen LogP contribution in [0.15, 0.2) is 52.0 Å². The molecule has 0 radical (unpaired) electrons. The van der Waals surface area contributed by atoms with Crippen LogP contribution in [-0.4, -0.2) is 12.5 Å². The van der Waals surface area contributed by atoms with Crippen LogP contribution < -0.4 is 0 Å². The lowest BCUT2D eigenvalue weighted by Gasteiger charge is -2.24. The molecule has 0 fully saturated rings. The second-order valence-electron chi connectivity index (χ2n) is 3.78. The molecule has 0 atom stereocenters. The number of thiol groups is 1. The van der Waals surface area contributed by atoms with Gasteiger partial charge in [0.2, 0.25) is 0 Å². The van der Waals surface area contributed by atoms with Gasteiger partial charge in [0.05, 0.1) is 6.26 Å². The minimum atomic E-state index is -0.964. The summed E-state index contributed by atoms with van der Waals surface area (Å²) in [6, 6.07) is 12.3. The number of furan rings is 1. The molecule has 15 heavy (non-hydrogen) atoms. The minimum Gasteiger partial charge on any atom is -0.464 e. The van der Waals surface area contributed by atoms with Crippen molar-refractivity contribution in [2.24, 2.45) is 0 Å². The van der Waals surface area contributed by atoms with Crippen LogP contribution in [0, 0.1) is 0 Å². The Kier molecular flexibility index (Phi) is 2.85. The van der Waals surface area contributed by atoms with Gasteiger partial charge in [0.15, 0.2) is 0 Å². The third-order valence-electron chi connectivity index (χ3n) is 2.22. The van der Waals surface area contributed by atoms with Crippen molar-refractivity contribution in [2.45, 2.75) is 4.90 Å². The highest BCUT2D eigenvalue weighted by atomic mass is 33.1. The molecule has 0 unspecified atom stereocenters. The van der Waals surface area contributed by atoms with Crippen LogP contribution >= 0.6 is 20.7 Å². The van der Waals surface area contributed by atoms with E-state index in [4.69, 9.17) is 4.42 Å². The molecule has 2 rings (SSSR count). The van der Waals surface area contributed by atoms with Crippen molar-refractivity contribution in [3.05, 3.63) is 42.7 Å². The van der Waals surface area contributed by atoms with Crippen molar-refractivity contribution in [3.63, 3.8) is 0 Å². The predicted octanol–water partition coefficient (Wildman–Crippen LogP) is 4.21. The van der Waals surface area contributed by atoms with Gasteiger partial charge in [-0.15, -0.1) is 11.7 Å². The van der Waals surface area contributed by atoms with Crippen LogP contribution in [0.25, 0.3) is 11.3 Å². The smallest absolute Gasteiger partial charge is 0.133 e. The molecule has 0 amide bonds. The van der Waals surface area contributed by atoms with Crippen LogP contribution in [0.5, 0.6) is 0 Å². The van der Waals surface area contributed by atoms with Crippen molar-refractivity contribution in [2.75, 3.05) is 12.5 Å². The first-order valence-electron chi connectivity index (χ1n) is 4.67. The van der Waals surface area contributed by atoms with E-state index in [1.165, 1.54) is 4.90 Å². The Morgan fingerprint density at radius 3 is 2.53 bits per heavy atom. The molecule has 2 aromatic rings. The molecule has 1 heterocycles. The lowest BCUT2D eigenvalue weighted by molar-refractivity contribution is 0.582. The molecule has 80 valence electrons. The van der Waals surface area contributed by atoms with Gasteiger partial charge in [0.1, 0.15) is 5.76 Å². The van der Waals surface area contributed by atoms with Crippen molar-refractivity contribution in [3.8, 4) is 11.3 Å². The molecule has 1 aromatic carbocycles. The van der Waals surface area contributed by atoms with Crippen LogP contribution in [0.3, 0.4) is 0 Å². The topological polar surface area (TPSA) is 13.1 Å². The van der Waals surface area contributed by atoms with Gasteiger partial charge in [-0.2, -0.15) is 9.06 Å². The second kappa shape index (κ2) is 3.99. The fraction of sp³-hybridized carbons (Fsp3) is 0.167. The normalized spacial score (nSPS) is 12.7. The molecule has 0 saturated heterocycles. The maximum absolute atomic E-state index is 5.37. The van der Waals surface area contributed by atoms with Gasteiger partial charge in [0.25, 0.3) is 0 Å². The summed E-state index contributed by atoms with van der Waals surface area (Å²) in [5, 5.41) is 0. The van der Waals surface area contributed by atoms with Crippen molar-refractivity contribution < 1.29 is 4.42 Å². The van der Waals surface area contributed by atoms with E-state index in [1.807, 2.05) is 12.1 Å². The largest absolute Gasteiger partial charge is 0.464 e. The Morgan fingerprint density at radius 2 is 1.93 bits per heavy atom. The predicted molar refractivity (Wildman–Crippen MR) is 70.8 cm³/mol. The van der Waals surface area contributed by atoms with Crippen molar-refractivity contribution in [1.82, 2.24) is 0 Å². The Bertz CT molecular complexity index is 441. The van der Waals surface area contributed by atoms with Crippen LogP contribution in [0.4, 0.5) is 0 Å². The summed E-state index contributed by atoms with van der Waals surface area (Å²) in [4.78, 5) is 1.28. The highest BCUT2D eigenvalue weighted by molar-refractivity contribution is 8.87. The highest BCUT2D eigenvalue weighted by Crippen LogP contribution is 2.53. The van der Waals surface area contributed by atoms with Crippen LogP contribution in [0.2, 0.25) is 0 Å². The van der Waals surface area contributed by atoms with Gasteiger partial charge in [-0.05, 0) is 41.7 Å². The maximum Gasteiger partial charge on any atom is 0.133 e. The SMILES string of the molecule is CS(C)(S)c1cccc(-c2ccco2)c1. The first-order chi connectivity index (χ1) is 7.07.